The summed E-state index contributed by atoms with van der Waals surface area (Å²) in [7, 11) is 0. The third-order valence-corrected chi connectivity index (χ3v) is 3.18. The minimum Gasteiger partial charge on any atom is -0.397 e. The molecule has 2 nitrogen and oxygen atoms in total. The van der Waals surface area contributed by atoms with Crippen LogP contribution in [-0.4, -0.2) is 12.6 Å². The zero-order valence-corrected chi connectivity index (χ0v) is 11.0. The third-order valence-electron chi connectivity index (χ3n) is 3.18. The number of hydrogen-bond acceptors (Lipinski definition) is 2. The topological polar surface area (TPSA) is 29.3 Å². The highest BCUT2D eigenvalue weighted by Gasteiger charge is 2.15. The molecule has 0 aliphatic carbocycles. The molecule has 0 fully saturated rings. The van der Waals surface area contributed by atoms with Gasteiger partial charge >= 0.3 is 0 Å². The van der Waals surface area contributed by atoms with Gasteiger partial charge in [-0.1, -0.05) is 20.3 Å². The van der Waals surface area contributed by atoms with E-state index in [1.807, 2.05) is 0 Å². The number of benzene rings is 1. The summed E-state index contributed by atoms with van der Waals surface area (Å²) in [6.07, 6.45) is 3.25. The molecule has 0 aliphatic heterocycles. The first kappa shape index (κ1) is 13.8. The first-order valence-electron chi connectivity index (χ1n) is 6.41. The van der Waals surface area contributed by atoms with Crippen LogP contribution in [0.5, 0.6) is 0 Å². The molecule has 0 saturated carbocycles. The zero-order chi connectivity index (χ0) is 12.8. The lowest BCUT2D eigenvalue weighted by Crippen LogP contribution is -2.34. The van der Waals surface area contributed by atoms with Crippen LogP contribution in [-0.2, 0) is 0 Å². The molecule has 0 amide bonds. The van der Waals surface area contributed by atoms with Crippen molar-refractivity contribution in [3.63, 3.8) is 0 Å². The van der Waals surface area contributed by atoms with Gasteiger partial charge < -0.3 is 10.6 Å². The number of unbranched alkanes of at least 4 members (excludes halogenated alkanes) is 1. The molecule has 2 N–H and O–H groups in total. The first-order chi connectivity index (χ1) is 8.10. The fraction of sp³-hybridized carbons (Fsp3) is 0.571. The molecule has 1 atom stereocenters. The van der Waals surface area contributed by atoms with Crippen LogP contribution >= 0.6 is 0 Å². The number of rotatable bonds is 6. The van der Waals surface area contributed by atoms with Gasteiger partial charge in [-0.3, -0.25) is 0 Å². The zero-order valence-electron chi connectivity index (χ0n) is 11.0. The van der Waals surface area contributed by atoms with Crippen molar-refractivity contribution in [2.45, 2.75) is 46.1 Å². The van der Waals surface area contributed by atoms with E-state index < -0.39 is 0 Å². The van der Waals surface area contributed by atoms with Crippen LogP contribution in [0.2, 0.25) is 0 Å². The second kappa shape index (κ2) is 6.48. The predicted octanol–water partition coefficient (Wildman–Crippen LogP) is 3.81. The molecule has 0 bridgehead atoms. The van der Waals surface area contributed by atoms with Crippen molar-refractivity contribution in [1.82, 2.24) is 0 Å². The number of anilines is 2. The first-order valence-corrected chi connectivity index (χ1v) is 6.41. The molecule has 0 radical (unpaired) electrons. The summed E-state index contributed by atoms with van der Waals surface area (Å²) in [6.45, 7) is 7.38. The molecule has 96 valence electrons. The van der Waals surface area contributed by atoms with Crippen LogP contribution in [0, 0.1) is 5.82 Å². The number of halogens is 1. The molecule has 0 aliphatic rings. The third kappa shape index (κ3) is 3.62. The molecule has 0 saturated heterocycles. The molecule has 1 aromatic rings. The lowest BCUT2D eigenvalue weighted by Gasteiger charge is -2.31. The molecule has 1 unspecified atom stereocenters. The second-order valence-corrected chi connectivity index (χ2v) is 4.51. The lowest BCUT2D eigenvalue weighted by molar-refractivity contribution is 0.589. The van der Waals surface area contributed by atoms with Gasteiger partial charge in [0.05, 0.1) is 11.4 Å². The average Bonchev–Trinajstić information content (AvgIpc) is 2.33. The summed E-state index contributed by atoms with van der Waals surface area (Å²) in [5.74, 6) is -0.223. The maximum absolute atomic E-state index is 13.3. The summed E-state index contributed by atoms with van der Waals surface area (Å²) < 4.78 is 13.3. The largest absolute Gasteiger partial charge is 0.397 e. The highest BCUT2D eigenvalue weighted by molar-refractivity contribution is 5.67. The summed E-state index contributed by atoms with van der Waals surface area (Å²) in [5, 5.41) is 0. The summed E-state index contributed by atoms with van der Waals surface area (Å²) in [6, 6.07) is 4.97. The Labute approximate surface area is 104 Å². The normalized spacial score (nSPS) is 12.5. The molecular weight excluding hydrogens is 215 g/mol. The van der Waals surface area contributed by atoms with E-state index in [1.165, 1.54) is 12.1 Å². The maximum atomic E-state index is 13.3. The van der Waals surface area contributed by atoms with E-state index in [0.29, 0.717) is 11.7 Å². The smallest absolute Gasteiger partial charge is 0.125 e. The fourth-order valence-electron chi connectivity index (χ4n) is 1.89. The predicted molar refractivity (Wildman–Crippen MR) is 72.8 cm³/mol. The minimum atomic E-state index is -0.223. The van der Waals surface area contributed by atoms with Gasteiger partial charge in [0.15, 0.2) is 0 Å². The Kier molecular flexibility index (Phi) is 5.26. The number of nitrogens with zero attached hydrogens (tertiary/aromatic N) is 1. The van der Waals surface area contributed by atoms with Crippen molar-refractivity contribution >= 4 is 11.4 Å². The van der Waals surface area contributed by atoms with Gasteiger partial charge in [0.2, 0.25) is 0 Å². The van der Waals surface area contributed by atoms with Crippen LogP contribution in [0.4, 0.5) is 15.8 Å². The second-order valence-electron chi connectivity index (χ2n) is 4.51. The highest BCUT2D eigenvalue weighted by Crippen LogP contribution is 2.27. The van der Waals surface area contributed by atoms with Crippen molar-refractivity contribution in [3.05, 3.63) is 24.0 Å². The van der Waals surface area contributed by atoms with Crippen LogP contribution in [0.15, 0.2) is 18.2 Å². The standard InChI is InChI=1S/C14H23FN2/c1-4-6-9-17(11(3)5-2)14-10-12(15)7-8-13(14)16/h7-8,10-11H,4-6,9,16H2,1-3H3. The van der Waals surface area contributed by atoms with Crippen LogP contribution in [0.25, 0.3) is 0 Å². The molecule has 1 rings (SSSR count). The van der Waals surface area contributed by atoms with E-state index in [-0.39, 0.29) is 5.82 Å². The van der Waals surface area contributed by atoms with Gasteiger partial charge in [-0.15, -0.1) is 0 Å². The molecule has 0 spiro atoms. The van der Waals surface area contributed by atoms with Crippen LogP contribution in [0.3, 0.4) is 0 Å². The van der Waals surface area contributed by atoms with Crippen molar-refractivity contribution in [2.75, 3.05) is 17.2 Å². The van der Waals surface area contributed by atoms with Crippen molar-refractivity contribution in [3.8, 4) is 0 Å². The molecule has 17 heavy (non-hydrogen) atoms. The summed E-state index contributed by atoms with van der Waals surface area (Å²) in [5.41, 5.74) is 7.43. The Hall–Kier alpha value is -1.25. The Morgan fingerprint density at radius 3 is 2.65 bits per heavy atom. The van der Waals surface area contributed by atoms with Crippen molar-refractivity contribution in [2.24, 2.45) is 0 Å². The van der Waals surface area contributed by atoms with E-state index >= 15 is 0 Å². The number of hydrogen-bond donors (Lipinski definition) is 1. The molecular formula is C14H23FN2. The Morgan fingerprint density at radius 1 is 1.35 bits per heavy atom. The Bertz CT molecular complexity index is 352. The van der Waals surface area contributed by atoms with E-state index in [1.54, 1.807) is 6.07 Å². The summed E-state index contributed by atoms with van der Waals surface area (Å²) >= 11 is 0. The van der Waals surface area contributed by atoms with Gasteiger partial charge in [-0.2, -0.15) is 0 Å². The molecule has 1 aromatic carbocycles. The van der Waals surface area contributed by atoms with Crippen molar-refractivity contribution < 1.29 is 4.39 Å². The molecule has 3 heteroatoms. The Balaban J connectivity index is 2.98. The van der Waals surface area contributed by atoms with Gasteiger partial charge in [-0.25, -0.2) is 4.39 Å². The fourth-order valence-corrected chi connectivity index (χ4v) is 1.89. The van der Waals surface area contributed by atoms with Crippen LogP contribution in [0.1, 0.15) is 40.0 Å². The number of nitrogens with two attached hydrogens (primary N) is 1. The van der Waals surface area contributed by atoms with E-state index in [9.17, 15) is 4.39 Å². The highest BCUT2D eigenvalue weighted by atomic mass is 19.1. The Morgan fingerprint density at radius 2 is 2.06 bits per heavy atom. The van der Waals surface area contributed by atoms with Gasteiger partial charge in [0.1, 0.15) is 5.82 Å². The van der Waals surface area contributed by atoms with Crippen LogP contribution < -0.4 is 10.6 Å². The van der Waals surface area contributed by atoms with Gasteiger partial charge in [0.25, 0.3) is 0 Å². The minimum absolute atomic E-state index is 0.223. The van der Waals surface area contributed by atoms with Crippen molar-refractivity contribution in [1.29, 1.82) is 0 Å². The molecule has 0 aromatic heterocycles. The van der Waals surface area contributed by atoms with E-state index in [2.05, 4.69) is 25.7 Å². The quantitative estimate of drug-likeness (QED) is 0.763. The average molecular weight is 238 g/mol. The molecule has 0 heterocycles. The SMILES string of the molecule is CCCCN(c1cc(F)ccc1N)C(C)CC. The van der Waals surface area contributed by atoms with Gasteiger partial charge in [0, 0.05) is 12.6 Å². The number of nitrogen functional groups attached to an aromatic ring is 1. The summed E-state index contributed by atoms with van der Waals surface area (Å²) in [4.78, 5) is 2.21. The maximum Gasteiger partial charge on any atom is 0.125 e. The monoisotopic (exact) mass is 238 g/mol. The lowest BCUT2D eigenvalue weighted by atomic mass is 10.1. The van der Waals surface area contributed by atoms with Gasteiger partial charge in [-0.05, 0) is 38.0 Å². The van der Waals surface area contributed by atoms with E-state index in [4.69, 9.17) is 5.73 Å². The van der Waals surface area contributed by atoms with E-state index in [0.717, 1.165) is 31.5 Å².